The zero-order valence-corrected chi connectivity index (χ0v) is 14.1. The van der Waals surface area contributed by atoms with Gasteiger partial charge in [-0.3, -0.25) is 0 Å². The molecule has 0 bridgehead atoms. The normalized spacial score (nSPS) is 12.0. The monoisotopic (exact) mass is 337 g/mol. The third-order valence-electron chi connectivity index (χ3n) is 3.52. The van der Waals surface area contributed by atoms with Crippen molar-refractivity contribution < 1.29 is 14.1 Å². The highest BCUT2D eigenvalue weighted by atomic mass is 35.5. The summed E-state index contributed by atoms with van der Waals surface area (Å²) in [6, 6.07) is 6.73. The molecule has 1 atom stereocenters. The molecular weight excluding hydrogens is 318 g/mol. The number of amides is 2. The number of rotatable bonds is 6. The van der Waals surface area contributed by atoms with Gasteiger partial charge in [0.1, 0.15) is 5.76 Å². The Morgan fingerprint density at radius 2 is 2.04 bits per heavy atom. The van der Waals surface area contributed by atoms with Gasteiger partial charge in [-0.15, -0.1) is 0 Å². The smallest absolute Gasteiger partial charge is 0.315 e. The number of aryl methyl sites for hydroxylation is 2. The Kier molecular flexibility index (Phi) is 6.01. The van der Waals surface area contributed by atoms with Gasteiger partial charge in [-0.1, -0.05) is 28.9 Å². The topological polar surface area (TPSA) is 76.4 Å². The van der Waals surface area contributed by atoms with E-state index in [2.05, 4.69) is 15.8 Å². The standard InChI is InChI=1S/C16H20ClN3O3/c1-10-14(11(2)23-20-10)8-18-16(21)19-15(9-22-3)12-4-6-13(17)7-5-12/h4-7,15H,8-9H2,1-3H3,(H2,18,19,21)/t15-/m0/s1. The molecule has 0 spiro atoms. The second kappa shape index (κ2) is 7.99. The molecule has 0 unspecified atom stereocenters. The third-order valence-corrected chi connectivity index (χ3v) is 3.77. The summed E-state index contributed by atoms with van der Waals surface area (Å²) in [6.45, 7) is 4.37. The zero-order valence-electron chi connectivity index (χ0n) is 13.4. The van der Waals surface area contributed by atoms with Crippen molar-refractivity contribution in [3.63, 3.8) is 0 Å². The highest BCUT2D eigenvalue weighted by Gasteiger charge is 2.16. The molecule has 23 heavy (non-hydrogen) atoms. The first-order chi connectivity index (χ1) is 11.0. The van der Waals surface area contributed by atoms with E-state index in [1.165, 1.54) is 0 Å². The summed E-state index contributed by atoms with van der Waals surface area (Å²) in [5, 5.41) is 10.2. The van der Waals surface area contributed by atoms with Crippen molar-refractivity contribution in [3.8, 4) is 0 Å². The van der Waals surface area contributed by atoms with Gasteiger partial charge in [-0.2, -0.15) is 0 Å². The number of aromatic nitrogens is 1. The van der Waals surface area contributed by atoms with Crippen LogP contribution in [0.1, 0.15) is 28.6 Å². The maximum atomic E-state index is 12.1. The molecule has 6 nitrogen and oxygen atoms in total. The van der Waals surface area contributed by atoms with Crippen LogP contribution in [0.4, 0.5) is 4.79 Å². The van der Waals surface area contributed by atoms with Crippen LogP contribution in [0.3, 0.4) is 0 Å². The summed E-state index contributed by atoms with van der Waals surface area (Å²) >= 11 is 5.89. The number of carbonyl (C=O) groups is 1. The minimum atomic E-state index is -0.290. The summed E-state index contributed by atoms with van der Waals surface area (Å²) in [6.07, 6.45) is 0. The van der Waals surface area contributed by atoms with Crippen molar-refractivity contribution in [2.24, 2.45) is 0 Å². The van der Waals surface area contributed by atoms with Crippen LogP contribution < -0.4 is 10.6 Å². The molecule has 0 saturated heterocycles. The second-order valence-electron chi connectivity index (χ2n) is 5.19. The Morgan fingerprint density at radius 3 is 2.61 bits per heavy atom. The maximum Gasteiger partial charge on any atom is 0.315 e. The first-order valence-electron chi connectivity index (χ1n) is 7.21. The van der Waals surface area contributed by atoms with Crippen LogP contribution in [0.15, 0.2) is 28.8 Å². The van der Waals surface area contributed by atoms with Gasteiger partial charge in [-0.25, -0.2) is 4.79 Å². The number of nitrogens with zero attached hydrogens (tertiary/aromatic N) is 1. The lowest BCUT2D eigenvalue weighted by molar-refractivity contribution is 0.166. The van der Waals surface area contributed by atoms with Gasteiger partial charge in [0.25, 0.3) is 0 Å². The molecular formula is C16H20ClN3O3. The number of carbonyl (C=O) groups excluding carboxylic acids is 1. The van der Waals surface area contributed by atoms with Crippen LogP contribution in [-0.4, -0.2) is 24.9 Å². The quantitative estimate of drug-likeness (QED) is 0.849. The molecule has 0 aliphatic heterocycles. The van der Waals surface area contributed by atoms with Crippen molar-refractivity contribution >= 4 is 17.6 Å². The van der Waals surface area contributed by atoms with Crippen LogP contribution in [0.2, 0.25) is 5.02 Å². The first kappa shape index (κ1) is 17.3. The third kappa shape index (κ3) is 4.71. The Bertz CT molecular complexity index is 636. The Hall–Kier alpha value is -2.05. The predicted octanol–water partition coefficient (Wildman–Crippen LogP) is 3.13. The molecule has 1 aromatic heterocycles. The Balaban J connectivity index is 1.96. The molecule has 124 valence electrons. The lowest BCUT2D eigenvalue weighted by atomic mass is 10.1. The minimum absolute atomic E-state index is 0.262. The highest BCUT2D eigenvalue weighted by molar-refractivity contribution is 6.30. The molecule has 2 amide bonds. The molecule has 1 heterocycles. The van der Waals surface area contributed by atoms with E-state index in [0.29, 0.717) is 23.9 Å². The summed E-state index contributed by atoms with van der Waals surface area (Å²) < 4.78 is 10.3. The van der Waals surface area contributed by atoms with Gasteiger partial charge in [-0.05, 0) is 31.5 Å². The van der Waals surface area contributed by atoms with E-state index >= 15 is 0 Å². The fourth-order valence-electron chi connectivity index (χ4n) is 2.22. The van der Waals surface area contributed by atoms with Crippen LogP contribution in [0, 0.1) is 13.8 Å². The maximum absolute atomic E-state index is 12.1. The predicted molar refractivity (Wildman–Crippen MR) is 87.4 cm³/mol. The number of hydrogen-bond acceptors (Lipinski definition) is 4. The zero-order chi connectivity index (χ0) is 16.8. The van der Waals surface area contributed by atoms with E-state index in [1.54, 1.807) is 19.2 Å². The van der Waals surface area contributed by atoms with E-state index in [9.17, 15) is 4.79 Å². The van der Waals surface area contributed by atoms with Gasteiger partial charge < -0.3 is 19.9 Å². The van der Waals surface area contributed by atoms with Gasteiger partial charge in [0.05, 0.1) is 18.3 Å². The van der Waals surface area contributed by atoms with Crippen molar-refractivity contribution in [2.45, 2.75) is 26.4 Å². The summed E-state index contributed by atoms with van der Waals surface area (Å²) in [5.74, 6) is 0.703. The fourth-order valence-corrected chi connectivity index (χ4v) is 2.34. The molecule has 1 aromatic carbocycles. The van der Waals surface area contributed by atoms with Gasteiger partial charge in [0, 0.05) is 24.2 Å². The molecule has 0 aliphatic rings. The highest BCUT2D eigenvalue weighted by Crippen LogP contribution is 2.17. The average Bonchev–Trinajstić information content (AvgIpc) is 2.84. The average molecular weight is 338 g/mol. The molecule has 0 aliphatic carbocycles. The number of hydrogen-bond donors (Lipinski definition) is 2. The molecule has 0 fully saturated rings. The molecule has 2 N–H and O–H groups in total. The Morgan fingerprint density at radius 1 is 1.35 bits per heavy atom. The van der Waals surface area contributed by atoms with E-state index in [0.717, 1.165) is 16.8 Å². The largest absolute Gasteiger partial charge is 0.382 e. The van der Waals surface area contributed by atoms with Crippen molar-refractivity contribution in [1.82, 2.24) is 15.8 Å². The van der Waals surface area contributed by atoms with Crippen molar-refractivity contribution in [1.29, 1.82) is 0 Å². The number of methoxy groups -OCH3 is 1. The van der Waals surface area contributed by atoms with Crippen LogP contribution in [0.25, 0.3) is 0 Å². The molecule has 7 heteroatoms. The SMILES string of the molecule is COC[C@H](NC(=O)NCc1c(C)noc1C)c1ccc(Cl)cc1. The van der Waals surface area contributed by atoms with Gasteiger partial charge >= 0.3 is 6.03 Å². The van der Waals surface area contributed by atoms with E-state index in [4.69, 9.17) is 20.9 Å². The fraction of sp³-hybridized carbons (Fsp3) is 0.375. The second-order valence-corrected chi connectivity index (χ2v) is 5.63. The lowest BCUT2D eigenvalue weighted by Gasteiger charge is -2.19. The lowest BCUT2D eigenvalue weighted by Crippen LogP contribution is -2.39. The summed E-state index contributed by atoms with van der Waals surface area (Å²) in [7, 11) is 1.59. The molecule has 0 radical (unpaired) electrons. The van der Waals surface area contributed by atoms with E-state index < -0.39 is 0 Å². The summed E-state index contributed by atoms with van der Waals surface area (Å²) in [5.41, 5.74) is 2.58. The van der Waals surface area contributed by atoms with Crippen LogP contribution in [-0.2, 0) is 11.3 Å². The number of nitrogens with one attached hydrogen (secondary N) is 2. The van der Waals surface area contributed by atoms with E-state index in [-0.39, 0.29) is 12.1 Å². The Labute approximate surface area is 140 Å². The van der Waals surface area contributed by atoms with E-state index in [1.807, 2.05) is 26.0 Å². The van der Waals surface area contributed by atoms with Crippen molar-refractivity contribution in [2.75, 3.05) is 13.7 Å². The van der Waals surface area contributed by atoms with Gasteiger partial charge in [0.15, 0.2) is 0 Å². The molecule has 2 rings (SSSR count). The first-order valence-corrected chi connectivity index (χ1v) is 7.59. The number of benzene rings is 1. The van der Waals surface area contributed by atoms with Crippen LogP contribution >= 0.6 is 11.6 Å². The molecule has 2 aromatic rings. The molecule has 0 saturated carbocycles. The van der Waals surface area contributed by atoms with Crippen LogP contribution in [0.5, 0.6) is 0 Å². The number of ether oxygens (including phenoxy) is 1. The minimum Gasteiger partial charge on any atom is -0.382 e. The van der Waals surface area contributed by atoms with Gasteiger partial charge in [0.2, 0.25) is 0 Å². The number of urea groups is 1. The summed E-state index contributed by atoms with van der Waals surface area (Å²) in [4.78, 5) is 12.1. The number of halogens is 1. The van der Waals surface area contributed by atoms with Crippen molar-refractivity contribution in [3.05, 3.63) is 51.9 Å².